The van der Waals surface area contributed by atoms with E-state index in [4.69, 9.17) is 10.5 Å². The summed E-state index contributed by atoms with van der Waals surface area (Å²) in [6.07, 6.45) is 0.842. The third-order valence-electron chi connectivity index (χ3n) is 3.36. The monoisotopic (exact) mass is 314 g/mol. The van der Waals surface area contributed by atoms with Gasteiger partial charge in [-0.05, 0) is 43.5 Å². The standard InChI is InChI=1S/C15H26N2O3S/c1-12(2)11-13(3)17(4)21(18,19)10-9-20-15-7-5-14(16)6-8-15/h5-8,12-13H,9-11,16H2,1-4H3. The number of nitrogens with two attached hydrogens (primary N) is 1. The Balaban J connectivity index is 2.50. The number of sulfonamides is 1. The van der Waals surface area contributed by atoms with Crippen molar-refractivity contribution in [1.29, 1.82) is 0 Å². The van der Waals surface area contributed by atoms with Crippen LogP contribution in [-0.4, -0.2) is 38.2 Å². The first-order chi connectivity index (χ1) is 9.72. The minimum absolute atomic E-state index is 0.00785. The predicted octanol–water partition coefficient (Wildman–Crippen LogP) is 2.34. The predicted molar refractivity (Wildman–Crippen MR) is 86.8 cm³/mol. The van der Waals surface area contributed by atoms with Crippen molar-refractivity contribution in [1.82, 2.24) is 4.31 Å². The fourth-order valence-electron chi connectivity index (χ4n) is 2.08. The summed E-state index contributed by atoms with van der Waals surface area (Å²) in [7, 11) is -1.67. The van der Waals surface area contributed by atoms with Crippen molar-refractivity contribution in [3.05, 3.63) is 24.3 Å². The summed E-state index contributed by atoms with van der Waals surface area (Å²) in [5.41, 5.74) is 6.23. The van der Waals surface area contributed by atoms with Crippen LogP contribution in [0.5, 0.6) is 5.75 Å². The van der Waals surface area contributed by atoms with E-state index in [1.807, 2.05) is 6.92 Å². The molecule has 1 unspecified atom stereocenters. The topological polar surface area (TPSA) is 72.6 Å². The number of ether oxygens (including phenoxy) is 1. The lowest BCUT2D eigenvalue weighted by Crippen LogP contribution is -2.38. The summed E-state index contributed by atoms with van der Waals surface area (Å²) < 4.78 is 31.3. The molecule has 6 heteroatoms. The number of hydrogen-bond donors (Lipinski definition) is 1. The van der Waals surface area contributed by atoms with Gasteiger partial charge in [0.15, 0.2) is 0 Å². The molecule has 0 radical (unpaired) electrons. The maximum absolute atomic E-state index is 12.2. The van der Waals surface area contributed by atoms with E-state index in [2.05, 4.69) is 13.8 Å². The fraction of sp³-hybridized carbons (Fsp3) is 0.600. The van der Waals surface area contributed by atoms with Gasteiger partial charge in [0.05, 0.1) is 5.75 Å². The van der Waals surface area contributed by atoms with E-state index in [9.17, 15) is 8.42 Å². The van der Waals surface area contributed by atoms with Gasteiger partial charge in [-0.2, -0.15) is 0 Å². The molecule has 0 amide bonds. The number of rotatable bonds is 8. The largest absolute Gasteiger partial charge is 0.492 e. The molecule has 0 aliphatic carbocycles. The molecule has 1 aromatic carbocycles. The molecule has 1 rings (SSSR count). The molecule has 1 atom stereocenters. The van der Waals surface area contributed by atoms with Gasteiger partial charge in [0, 0.05) is 18.8 Å². The molecule has 0 aliphatic rings. The van der Waals surface area contributed by atoms with Gasteiger partial charge in [0.1, 0.15) is 12.4 Å². The second-order valence-corrected chi connectivity index (χ2v) is 7.88. The molecule has 0 heterocycles. The minimum Gasteiger partial charge on any atom is -0.492 e. The number of nitrogen functional groups attached to an aromatic ring is 1. The Labute approximate surface area is 128 Å². The molecular formula is C15H26N2O3S. The average molecular weight is 314 g/mol. The maximum atomic E-state index is 12.2. The highest BCUT2D eigenvalue weighted by Gasteiger charge is 2.23. The van der Waals surface area contributed by atoms with Crippen molar-refractivity contribution in [2.24, 2.45) is 5.92 Å². The zero-order valence-corrected chi connectivity index (χ0v) is 14.1. The Hall–Kier alpha value is -1.27. The Morgan fingerprint density at radius 2 is 1.76 bits per heavy atom. The molecule has 0 saturated heterocycles. The summed E-state index contributed by atoms with van der Waals surface area (Å²) in [4.78, 5) is 0. The molecule has 120 valence electrons. The molecule has 2 N–H and O–H groups in total. The Bertz CT molecular complexity index is 526. The van der Waals surface area contributed by atoms with E-state index >= 15 is 0 Å². The van der Waals surface area contributed by atoms with Crippen LogP contribution < -0.4 is 10.5 Å². The van der Waals surface area contributed by atoms with E-state index in [1.54, 1.807) is 31.3 Å². The highest BCUT2D eigenvalue weighted by molar-refractivity contribution is 7.89. The van der Waals surface area contributed by atoms with E-state index in [0.29, 0.717) is 17.4 Å². The average Bonchev–Trinajstić information content (AvgIpc) is 2.39. The molecule has 0 spiro atoms. The quantitative estimate of drug-likeness (QED) is 0.748. The van der Waals surface area contributed by atoms with E-state index in [1.165, 1.54) is 4.31 Å². The number of anilines is 1. The lowest BCUT2D eigenvalue weighted by molar-refractivity contribution is 0.319. The van der Waals surface area contributed by atoms with Crippen LogP contribution in [-0.2, 0) is 10.0 Å². The van der Waals surface area contributed by atoms with Crippen LogP contribution in [0.2, 0.25) is 0 Å². The van der Waals surface area contributed by atoms with Gasteiger partial charge in [-0.25, -0.2) is 12.7 Å². The first-order valence-corrected chi connectivity index (χ1v) is 8.77. The lowest BCUT2D eigenvalue weighted by Gasteiger charge is -2.25. The van der Waals surface area contributed by atoms with Gasteiger partial charge < -0.3 is 10.5 Å². The van der Waals surface area contributed by atoms with Gasteiger partial charge in [-0.15, -0.1) is 0 Å². The summed E-state index contributed by atoms with van der Waals surface area (Å²) >= 11 is 0. The second kappa shape index (κ2) is 7.66. The summed E-state index contributed by atoms with van der Waals surface area (Å²) in [6, 6.07) is 6.90. The Morgan fingerprint density at radius 1 is 1.19 bits per heavy atom. The molecule has 0 bridgehead atoms. The van der Waals surface area contributed by atoms with Crippen LogP contribution in [0.1, 0.15) is 27.2 Å². The third-order valence-corrected chi connectivity index (χ3v) is 5.28. The van der Waals surface area contributed by atoms with Crippen molar-refractivity contribution < 1.29 is 13.2 Å². The van der Waals surface area contributed by atoms with Crippen LogP contribution >= 0.6 is 0 Å². The van der Waals surface area contributed by atoms with Crippen LogP contribution in [0.15, 0.2) is 24.3 Å². The highest BCUT2D eigenvalue weighted by atomic mass is 32.2. The summed E-state index contributed by atoms with van der Waals surface area (Å²) in [6.45, 7) is 6.23. The smallest absolute Gasteiger partial charge is 0.217 e. The van der Waals surface area contributed by atoms with Crippen LogP contribution in [0, 0.1) is 5.92 Å². The molecule has 0 fully saturated rings. The van der Waals surface area contributed by atoms with Gasteiger partial charge in [-0.1, -0.05) is 13.8 Å². The zero-order valence-electron chi connectivity index (χ0n) is 13.2. The minimum atomic E-state index is -3.30. The van der Waals surface area contributed by atoms with E-state index in [0.717, 1.165) is 6.42 Å². The van der Waals surface area contributed by atoms with Crippen molar-refractivity contribution in [2.75, 3.05) is 25.1 Å². The summed E-state index contributed by atoms with van der Waals surface area (Å²) in [5.74, 6) is 1.05. The first-order valence-electron chi connectivity index (χ1n) is 7.16. The Morgan fingerprint density at radius 3 is 2.29 bits per heavy atom. The van der Waals surface area contributed by atoms with Crippen molar-refractivity contribution in [3.63, 3.8) is 0 Å². The van der Waals surface area contributed by atoms with Crippen molar-refractivity contribution >= 4 is 15.7 Å². The SMILES string of the molecule is CC(C)CC(C)N(C)S(=O)(=O)CCOc1ccc(N)cc1. The van der Waals surface area contributed by atoms with Gasteiger partial charge in [0.2, 0.25) is 10.0 Å². The fourth-order valence-corrected chi connectivity index (χ4v) is 3.29. The van der Waals surface area contributed by atoms with Crippen LogP contribution in [0.4, 0.5) is 5.69 Å². The van der Waals surface area contributed by atoms with Gasteiger partial charge >= 0.3 is 0 Å². The first kappa shape index (κ1) is 17.8. The van der Waals surface area contributed by atoms with Gasteiger partial charge in [-0.3, -0.25) is 0 Å². The zero-order chi connectivity index (χ0) is 16.0. The van der Waals surface area contributed by atoms with Crippen LogP contribution in [0.25, 0.3) is 0 Å². The number of benzene rings is 1. The van der Waals surface area contributed by atoms with Crippen LogP contribution in [0.3, 0.4) is 0 Å². The van der Waals surface area contributed by atoms with Crippen molar-refractivity contribution in [3.8, 4) is 5.75 Å². The highest BCUT2D eigenvalue weighted by Crippen LogP contribution is 2.15. The molecule has 21 heavy (non-hydrogen) atoms. The third kappa shape index (κ3) is 5.93. The molecule has 5 nitrogen and oxygen atoms in total. The molecule has 0 aliphatic heterocycles. The lowest BCUT2D eigenvalue weighted by atomic mass is 10.1. The molecule has 1 aromatic rings. The van der Waals surface area contributed by atoms with E-state index in [-0.39, 0.29) is 18.4 Å². The van der Waals surface area contributed by atoms with Gasteiger partial charge in [0.25, 0.3) is 0 Å². The summed E-state index contributed by atoms with van der Waals surface area (Å²) in [5, 5.41) is 0. The number of nitrogens with zero attached hydrogens (tertiary/aromatic N) is 1. The molecular weight excluding hydrogens is 288 g/mol. The molecule has 0 saturated carbocycles. The van der Waals surface area contributed by atoms with Crippen molar-refractivity contribution in [2.45, 2.75) is 33.2 Å². The normalized spacial score (nSPS) is 13.6. The maximum Gasteiger partial charge on any atom is 0.217 e. The van der Waals surface area contributed by atoms with E-state index < -0.39 is 10.0 Å². The Kier molecular flexibility index (Phi) is 6.48. The molecule has 0 aromatic heterocycles. The number of hydrogen-bond acceptors (Lipinski definition) is 4. The second-order valence-electron chi connectivity index (χ2n) is 5.73.